The van der Waals surface area contributed by atoms with Crippen LogP contribution in [0.15, 0.2) is 30.6 Å². The topological polar surface area (TPSA) is 64.3 Å². The third-order valence-electron chi connectivity index (χ3n) is 3.63. The van der Waals surface area contributed by atoms with E-state index in [9.17, 15) is 9.90 Å². The van der Waals surface area contributed by atoms with E-state index in [2.05, 4.69) is 4.98 Å². The summed E-state index contributed by atoms with van der Waals surface area (Å²) in [6.07, 6.45) is 2.58. The number of rotatable bonds is 2. The fourth-order valence-electron chi connectivity index (χ4n) is 2.57. The SMILES string of the molecule is O=C(O)C1(n2cnc3ccccc32)CCOCC1. The number of hydrogen-bond donors (Lipinski definition) is 1. The number of carbonyl (C=O) groups is 1. The van der Waals surface area contributed by atoms with Gasteiger partial charge in [-0.2, -0.15) is 0 Å². The lowest BCUT2D eigenvalue weighted by Gasteiger charge is -2.34. The molecule has 3 rings (SSSR count). The number of aliphatic carboxylic acids is 1. The molecule has 0 spiro atoms. The van der Waals surface area contributed by atoms with Crippen LogP contribution >= 0.6 is 0 Å². The molecule has 0 atom stereocenters. The van der Waals surface area contributed by atoms with Crippen molar-refractivity contribution in [3.63, 3.8) is 0 Å². The number of carboxylic acids is 1. The maximum Gasteiger partial charge on any atom is 0.330 e. The van der Waals surface area contributed by atoms with E-state index in [1.165, 1.54) is 0 Å². The van der Waals surface area contributed by atoms with Crippen molar-refractivity contribution in [2.75, 3.05) is 13.2 Å². The van der Waals surface area contributed by atoms with E-state index in [0.717, 1.165) is 11.0 Å². The summed E-state index contributed by atoms with van der Waals surface area (Å²) in [6.45, 7) is 0.942. The molecule has 0 amide bonds. The van der Waals surface area contributed by atoms with Crippen molar-refractivity contribution in [1.29, 1.82) is 0 Å². The number of ether oxygens (including phenoxy) is 1. The molecule has 1 fully saturated rings. The molecule has 1 aliphatic heterocycles. The molecule has 1 saturated heterocycles. The smallest absolute Gasteiger partial charge is 0.330 e. The highest BCUT2D eigenvalue weighted by atomic mass is 16.5. The molecule has 5 heteroatoms. The van der Waals surface area contributed by atoms with Crippen LogP contribution in [0.25, 0.3) is 11.0 Å². The Balaban J connectivity index is 2.18. The van der Waals surface area contributed by atoms with Crippen LogP contribution in [0.2, 0.25) is 0 Å². The molecular formula is C13H14N2O3. The number of nitrogens with zero attached hydrogens (tertiary/aromatic N) is 2. The van der Waals surface area contributed by atoms with E-state index in [1.54, 1.807) is 10.9 Å². The second-order valence-corrected chi connectivity index (χ2v) is 4.55. The summed E-state index contributed by atoms with van der Waals surface area (Å²) in [6, 6.07) is 7.59. The van der Waals surface area contributed by atoms with Crippen LogP contribution in [0.3, 0.4) is 0 Å². The van der Waals surface area contributed by atoms with Crippen molar-refractivity contribution in [1.82, 2.24) is 9.55 Å². The lowest BCUT2D eigenvalue weighted by atomic mass is 9.89. The van der Waals surface area contributed by atoms with Gasteiger partial charge in [-0.25, -0.2) is 9.78 Å². The van der Waals surface area contributed by atoms with Crippen LogP contribution in [-0.2, 0) is 15.1 Å². The average molecular weight is 246 g/mol. The number of benzene rings is 1. The second kappa shape index (κ2) is 4.10. The molecule has 0 bridgehead atoms. The summed E-state index contributed by atoms with van der Waals surface area (Å²) in [7, 11) is 0. The predicted octanol–water partition coefficient (Wildman–Crippen LogP) is 1.63. The number of aromatic nitrogens is 2. The highest BCUT2D eigenvalue weighted by Crippen LogP contribution is 2.32. The van der Waals surface area contributed by atoms with Gasteiger partial charge in [-0.3, -0.25) is 0 Å². The quantitative estimate of drug-likeness (QED) is 0.874. The summed E-state index contributed by atoms with van der Waals surface area (Å²) in [5.74, 6) is -0.811. The Morgan fingerprint density at radius 2 is 2.06 bits per heavy atom. The van der Waals surface area contributed by atoms with Crippen LogP contribution in [0.5, 0.6) is 0 Å². The molecular weight excluding hydrogens is 232 g/mol. The molecule has 0 radical (unpaired) electrons. The summed E-state index contributed by atoms with van der Waals surface area (Å²) in [5, 5.41) is 9.62. The normalized spacial score (nSPS) is 18.9. The minimum atomic E-state index is -0.922. The number of para-hydroxylation sites is 2. The first kappa shape index (κ1) is 11.2. The van der Waals surface area contributed by atoms with Crippen LogP contribution in [0.1, 0.15) is 12.8 Å². The van der Waals surface area contributed by atoms with Gasteiger partial charge in [0.15, 0.2) is 0 Å². The molecule has 5 nitrogen and oxygen atoms in total. The number of hydrogen-bond acceptors (Lipinski definition) is 3. The number of carboxylic acid groups (broad SMARTS) is 1. The zero-order valence-corrected chi connectivity index (χ0v) is 9.87. The number of imidazole rings is 1. The summed E-state index contributed by atoms with van der Waals surface area (Å²) >= 11 is 0. The first-order chi connectivity index (χ1) is 8.74. The van der Waals surface area contributed by atoms with Gasteiger partial charge in [0.2, 0.25) is 0 Å². The molecule has 0 aliphatic carbocycles. The van der Waals surface area contributed by atoms with E-state index in [4.69, 9.17) is 4.74 Å². The van der Waals surface area contributed by atoms with Crippen molar-refractivity contribution in [2.24, 2.45) is 0 Å². The Kier molecular flexibility index (Phi) is 2.56. The van der Waals surface area contributed by atoms with Gasteiger partial charge in [0.1, 0.15) is 5.54 Å². The Hall–Kier alpha value is -1.88. The van der Waals surface area contributed by atoms with E-state index in [0.29, 0.717) is 26.1 Å². The summed E-state index contributed by atoms with van der Waals surface area (Å²) < 4.78 is 7.07. The Morgan fingerprint density at radius 1 is 1.33 bits per heavy atom. The van der Waals surface area contributed by atoms with Crippen LogP contribution in [-0.4, -0.2) is 33.8 Å². The first-order valence-corrected chi connectivity index (χ1v) is 5.98. The number of fused-ring (bicyclic) bond motifs is 1. The molecule has 2 heterocycles. The van der Waals surface area contributed by atoms with Crippen molar-refractivity contribution in [3.8, 4) is 0 Å². The van der Waals surface area contributed by atoms with Gasteiger partial charge in [0.25, 0.3) is 0 Å². The summed E-state index contributed by atoms with van der Waals surface area (Å²) in [4.78, 5) is 16.0. The van der Waals surface area contributed by atoms with Gasteiger partial charge >= 0.3 is 5.97 Å². The molecule has 1 aromatic heterocycles. The predicted molar refractivity (Wildman–Crippen MR) is 65.4 cm³/mol. The monoisotopic (exact) mass is 246 g/mol. The Bertz CT molecular complexity index is 585. The van der Waals surface area contributed by atoms with E-state index in [-0.39, 0.29) is 0 Å². The van der Waals surface area contributed by atoms with Gasteiger partial charge in [0.05, 0.1) is 17.4 Å². The lowest BCUT2D eigenvalue weighted by molar-refractivity contribution is -0.152. The largest absolute Gasteiger partial charge is 0.479 e. The van der Waals surface area contributed by atoms with Crippen molar-refractivity contribution in [3.05, 3.63) is 30.6 Å². The zero-order valence-electron chi connectivity index (χ0n) is 9.87. The van der Waals surface area contributed by atoms with Crippen LogP contribution < -0.4 is 0 Å². The van der Waals surface area contributed by atoms with E-state index in [1.807, 2.05) is 24.3 Å². The Morgan fingerprint density at radius 3 is 2.78 bits per heavy atom. The lowest BCUT2D eigenvalue weighted by Crippen LogP contribution is -2.46. The minimum Gasteiger partial charge on any atom is -0.479 e. The molecule has 1 aliphatic rings. The maximum absolute atomic E-state index is 11.7. The van der Waals surface area contributed by atoms with Gasteiger partial charge < -0.3 is 14.4 Å². The molecule has 0 saturated carbocycles. The Labute approximate surface area is 104 Å². The van der Waals surface area contributed by atoms with Crippen LogP contribution in [0.4, 0.5) is 0 Å². The standard InChI is InChI=1S/C13H14N2O3/c16-12(17)13(5-7-18-8-6-13)15-9-14-10-3-1-2-4-11(10)15/h1-4,9H,5-8H2,(H,16,17). The first-order valence-electron chi connectivity index (χ1n) is 5.98. The van der Waals surface area contributed by atoms with Crippen LogP contribution in [0, 0.1) is 0 Å². The van der Waals surface area contributed by atoms with E-state index < -0.39 is 11.5 Å². The van der Waals surface area contributed by atoms with Gasteiger partial charge in [-0.15, -0.1) is 0 Å². The van der Waals surface area contributed by atoms with Crippen molar-refractivity contribution < 1.29 is 14.6 Å². The highest BCUT2D eigenvalue weighted by Gasteiger charge is 2.42. The fraction of sp³-hybridized carbons (Fsp3) is 0.385. The summed E-state index contributed by atoms with van der Waals surface area (Å²) in [5.41, 5.74) is 0.764. The van der Waals surface area contributed by atoms with Gasteiger partial charge in [0, 0.05) is 26.1 Å². The molecule has 2 aromatic rings. The minimum absolute atomic E-state index is 0.471. The molecule has 94 valence electrons. The van der Waals surface area contributed by atoms with Crippen molar-refractivity contribution >= 4 is 17.0 Å². The third kappa shape index (κ3) is 1.51. The molecule has 1 aromatic carbocycles. The average Bonchev–Trinajstić information content (AvgIpc) is 2.83. The van der Waals surface area contributed by atoms with Gasteiger partial charge in [-0.1, -0.05) is 12.1 Å². The zero-order chi connectivity index (χ0) is 12.6. The van der Waals surface area contributed by atoms with Crippen molar-refractivity contribution in [2.45, 2.75) is 18.4 Å². The van der Waals surface area contributed by atoms with E-state index >= 15 is 0 Å². The molecule has 0 unspecified atom stereocenters. The van der Waals surface area contributed by atoms with Gasteiger partial charge in [-0.05, 0) is 12.1 Å². The highest BCUT2D eigenvalue weighted by molar-refractivity contribution is 5.82. The second-order valence-electron chi connectivity index (χ2n) is 4.55. The third-order valence-corrected chi connectivity index (χ3v) is 3.63. The maximum atomic E-state index is 11.7. The molecule has 18 heavy (non-hydrogen) atoms. The fourth-order valence-corrected chi connectivity index (χ4v) is 2.57. The molecule has 1 N–H and O–H groups in total.